The molecular formula is C18H30N2O2. The Kier molecular flexibility index (Phi) is 4.21. The standard InChI is InChI=1S/C18H30N2O2/c1-3-4-5-6-19-16(22)17-8-14-7-15(9-17)11-18(10-14,12-17)20-13(2)21/h14-15H,3-12H2,1-2H3,(H,19,22)(H,20,21). The van der Waals surface area contributed by atoms with Gasteiger partial charge in [0.05, 0.1) is 5.41 Å². The zero-order chi connectivity index (χ0) is 15.8. The molecule has 0 aromatic carbocycles. The lowest BCUT2D eigenvalue weighted by Crippen LogP contribution is -2.65. The Morgan fingerprint density at radius 3 is 2.36 bits per heavy atom. The van der Waals surface area contributed by atoms with E-state index in [1.165, 1.54) is 19.3 Å². The van der Waals surface area contributed by atoms with Gasteiger partial charge in [0, 0.05) is 19.0 Å². The third-order valence-corrected chi connectivity index (χ3v) is 6.05. The van der Waals surface area contributed by atoms with Crippen LogP contribution in [0.15, 0.2) is 0 Å². The van der Waals surface area contributed by atoms with Crippen LogP contribution in [0.1, 0.15) is 71.6 Å². The molecule has 4 fully saturated rings. The Bertz CT molecular complexity index is 446. The molecule has 2 unspecified atom stereocenters. The first kappa shape index (κ1) is 15.8. The Balaban J connectivity index is 1.70. The fraction of sp³-hybridized carbons (Fsp3) is 0.889. The lowest BCUT2D eigenvalue weighted by molar-refractivity contribution is -0.153. The van der Waals surface area contributed by atoms with Crippen molar-refractivity contribution in [2.24, 2.45) is 17.3 Å². The number of carbonyl (C=O) groups excluding carboxylic acids is 2. The van der Waals surface area contributed by atoms with Gasteiger partial charge in [0.25, 0.3) is 0 Å². The van der Waals surface area contributed by atoms with Crippen molar-refractivity contribution < 1.29 is 9.59 Å². The number of amides is 2. The molecular weight excluding hydrogens is 276 g/mol. The summed E-state index contributed by atoms with van der Waals surface area (Å²) < 4.78 is 0. The predicted octanol–water partition coefficient (Wildman–Crippen LogP) is 2.77. The second kappa shape index (κ2) is 5.86. The van der Waals surface area contributed by atoms with Crippen molar-refractivity contribution in [3.8, 4) is 0 Å². The maximum absolute atomic E-state index is 12.9. The van der Waals surface area contributed by atoms with Gasteiger partial charge in [0.2, 0.25) is 11.8 Å². The van der Waals surface area contributed by atoms with E-state index in [1.54, 1.807) is 6.92 Å². The molecule has 2 atom stereocenters. The summed E-state index contributed by atoms with van der Waals surface area (Å²) in [5, 5.41) is 6.42. The average molecular weight is 306 g/mol. The van der Waals surface area contributed by atoms with Crippen LogP contribution in [0.5, 0.6) is 0 Å². The van der Waals surface area contributed by atoms with Gasteiger partial charge in [0.15, 0.2) is 0 Å². The molecule has 4 rings (SSSR count). The summed E-state index contributed by atoms with van der Waals surface area (Å²) >= 11 is 0. The van der Waals surface area contributed by atoms with Gasteiger partial charge in [-0.25, -0.2) is 0 Å². The van der Waals surface area contributed by atoms with Crippen molar-refractivity contribution in [1.29, 1.82) is 0 Å². The normalized spacial score (nSPS) is 38.8. The Hall–Kier alpha value is -1.06. The van der Waals surface area contributed by atoms with Gasteiger partial charge in [-0.15, -0.1) is 0 Å². The quantitative estimate of drug-likeness (QED) is 0.741. The van der Waals surface area contributed by atoms with Gasteiger partial charge in [-0.05, 0) is 56.8 Å². The maximum Gasteiger partial charge on any atom is 0.226 e. The van der Waals surface area contributed by atoms with E-state index in [1.807, 2.05) is 0 Å². The second-order valence-electron chi connectivity index (χ2n) is 8.17. The maximum atomic E-state index is 12.9. The molecule has 0 saturated heterocycles. The highest BCUT2D eigenvalue weighted by atomic mass is 16.2. The van der Waals surface area contributed by atoms with Crippen LogP contribution in [0.25, 0.3) is 0 Å². The van der Waals surface area contributed by atoms with E-state index in [2.05, 4.69) is 17.6 Å². The largest absolute Gasteiger partial charge is 0.356 e. The Morgan fingerprint density at radius 1 is 1.09 bits per heavy atom. The molecule has 4 aliphatic rings. The second-order valence-corrected chi connectivity index (χ2v) is 8.17. The molecule has 4 heteroatoms. The lowest BCUT2D eigenvalue weighted by Gasteiger charge is -2.61. The molecule has 0 heterocycles. The van der Waals surface area contributed by atoms with Crippen molar-refractivity contribution in [2.45, 2.75) is 77.2 Å². The number of hydrogen-bond donors (Lipinski definition) is 2. The summed E-state index contributed by atoms with van der Waals surface area (Å²) in [5.41, 5.74) is -0.310. The molecule has 124 valence electrons. The average Bonchev–Trinajstić information content (AvgIpc) is 2.40. The molecule has 0 aromatic heterocycles. The summed E-state index contributed by atoms with van der Waals surface area (Å²) in [5.74, 6) is 1.55. The monoisotopic (exact) mass is 306 g/mol. The molecule has 4 aliphatic carbocycles. The van der Waals surface area contributed by atoms with E-state index in [0.717, 1.165) is 45.1 Å². The van der Waals surface area contributed by atoms with Gasteiger partial charge in [-0.2, -0.15) is 0 Å². The van der Waals surface area contributed by atoms with Gasteiger partial charge >= 0.3 is 0 Å². The predicted molar refractivity (Wildman–Crippen MR) is 86.2 cm³/mol. The number of rotatable bonds is 6. The van der Waals surface area contributed by atoms with Crippen LogP contribution in [0.3, 0.4) is 0 Å². The van der Waals surface area contributed by atoms with Gasteiger partial charge in [0.1, 0.15) is 0 Å². The first-order chi connectivity index (χ1) is 10.5. The zero-order valence-corrected chi connectivity index (χ0v) is 14.0. The van der Waals surface area contributed by atoms with Crippen LogP contribution >= 0.6 is 0 Å². The van der Waals surface area contributed by atoms with Crippen LogP contribution in [-0.2, 0) is 9.59 Å². The minimum atomic E-state index is -0.210. The summed E-state index contributed by atoms with van der Waals surface area (Å²) in [7, 11) is 0. The number of unbranched alkanes of at least 4 members (excludes halogenated alkanes) is 2. The highest BCUT2D eigenvalue weighted by Crippen LogP contribution is 2.61. The van der Waals surface area contributed by atoms with Crippen LogP contribution < -0.4 is 10.6 Å². The smallest absolute Gasteiger partial charge is 0.226 e. The highest BCUT2D eigenvalue weighted by molar-refractivity contribution is 5.83. The van der Waals surface area contributed by atoms with Gasteiger partial charge in [-0.1, -0.05) is 19.8 Å². The zero-order valence-electron chi connectivity index (χ0n) is 14.0. The minimum absolute atomic E-state index is 0.0560. The summed E-state index contributed by atoms with van der Waals surface area (Å²) in [6, 6.07) is 0. The van der Waals surface area contributed by atoms with Crippen LogP contribution in [0, 0.1) is 17.3 Å². The molecule has 0 aliphatic heterocycles. The van der Waals surface area contributed by atoms with E-state index in [4.69, 9.17) is 0 Å². The first-order valence-electron chi connectivity index (χ1n) is 9.04. The summed E-state index contributed by atoms with van der Waals surface area (Å²) in [6.07, 6.45) is 9.75. The Labute approximate surface area is 133 Å². The highest BCUT2D eigenvalue weighted by Gasteiger charge is 2.60. The molecule has 22 heavy (non-hydrogen) atoms. The van der Waals surface area contributed by atoms with E-state index in [9.17, 15) is 9.59 Å². The summed E-state index contributed by atoms with van der Waals surface area (Å²) in [4.78, 5) is 24.5. The SMILES string of the molecule is CCCCCNC(=O)C12CC3CC(CC(NC(C)=O)(C3)C1)C2. The van der Waals surface area contributed by atoms with Crippen LogP contribution in [-0.4, -0.2) is 23.9 Å². The van der Waals surface area contributed by atoms with Crippen molar-refractivity contribution in [2.75, 3.05) is 6.54 Å². The third-order valence-electron chi connectivity index (χ3n) is 6.05. The lowest BCUT2D eigenvalue weighted by atomic mass is 9.46. The number of nitrogens with one attached hydrogen (secondary N) is 2. The molecule has 0 spiro atoms. The van der Waals surface area contributed by atoms with E-state index >= 15 is 0 Å². The van der Waals surface area contributed by atoms with E-state index < -0.39 is 0 Å². The van der Waals surface area contributed by atoms with Gasteiger partial charge in [-0.3, -0.25) is 9.59 Å². The van der Waals surface area contributed by atoms with Gasteiger partial charge < -0.3 is 10.6 Å². The van der Waals surface area contributed by atoms with E-state index in [0.29, 0.717) is 11.8 Å². The van der Waals surface area contributed by atoms with Crippen molar-refractivity contribution in [3.05, 3.63) is 0 Å². The first-order valence-corrected chi connectivity index (χ1v) is 9.04. The van der Waals surface area contributed by atoms with Crippen molar-refractivity contribution >= 4 is 11.8 Å². The number of hydrogen-bond acceptors (Lipinski definition) is 2. The molecule has 2 N–H and O–H groups in total. The summed E-state index contributed by atoms with van der Waals surface area (Å²) in [6.45, 7) is 4.59. The molecule has 0 aromatic rings. The fourth-order valence-electron chi connectivity index (χ4n) is 5.81. The van der Waals surface area contributed by atoms with Crippen LogP contribution in [0.2, 0.25) is 0 Å². The van der Waals surface area contributed by atoms with Crippen molar-refractivity contribution in [3.63, 3.8) is 0 Å². The van der Waals surface area contributed by atoms with Crippen molar-refractivity contribution in [1.82, 2.24) is 10.6 Å². The number of carbonyl (C=O) groups is 2. The Morgan fingerprint density at radius 2 is 1.77 bits per heavy atom. The topological polar surface area (TPSA) is 58.2 Å². The van der Waals surface area contributed by atoms with E-state index in [-0.39, 0.29) is 22.8 Å². The molecule has 4 bridgehead atoms. The minimum Gasteiger partial charge on any atom is -0.356 e. The fourth-order valence-corrected chi connectivity index (χ4v) is 5.81. The molecule has 2 amide bonds. The molecule has 4 nitrogen and oxygen atoms in total. The molecule has 4 saturated carbocycles. The third kappa shape index (κ3) is 2.89. The molecule has 0 radical (unpaired) electrons. The van der Waals surface area contributed by atoms with Crippen LogP contribution in [0.4, 0.5) is 0 Å².